The summed E-state index contributed by atoms with van der Waals surface area (Å²) >= 11 is 0. The summed E-state index contributed by atoms with van der Waals surface area (Å²) < 4.78 is 26.3. The van der Waals surface area contributed by atoms with Crippen LogP contribution in [-0.4, -0.2) is 26.6 Å². The predicted octanol–water partition coefficient (Wildman–Crippen LogP) is 4.32. The van der Waals surface area contributed by atoms with E-state index < -0.39 is 15.3 Å². The first-order valence-corrected chi connectivity index (χ1v) is 11.7. The van der Waals surface area contributed by atoms with Crippen LogP contribution in [0.1, 0.15) is 23.6 Å². The highest BCUT2D eigenvalue weighted by Gasteiger charge is 2.49. The number of amides is 1. The molecular weight excluding hydrogens is 394 g/mol. The first-order chi connectivity index (χ1) is 14.3. The van der Waals surface area contributed by atoms with E-state index in [9.17, 15) is 13.2 Å². The van der Waals surface area contributed by atoms with Gasteiger partial charge in [0, 0.05) is 12.2 Å². The lowest BCUT2D eigenvalue weighted by molar-refractivity contribution is -0.122. The van der Waals surface area contributed by atoms with Gasteiger partial charge in [0.15, 0.2) is 9.84 Å². The Labute approximate surface area is 178 Å². The minimum absolute atomic E-state index is 0.154. The zero-order valence-electron chi connectivity index (χ0n) is 17.2. The highest BCUT2D eigenvalue weighted by molar-refractivity contribution is 7.91. The van der Waals surface area contributed by atoms with Crippen LogP contribution in [0.5, 0.6) is 0 Å². The summed E-state index contributed by atoms with van der Waals surface area (Å²) in [7, 11) is -3.63. The number of carbonyl (C=O) groups excluding carboxylic acids is 1. The summed E-state index contributed by atoms with van der Waals surface area (Å²) in [6, 6.07) is 24.2. The van der Waals surface area contributed by atoms with Crippen LogP contribution in [0.4, 0.5) is 5.69 Å². The van der Waals surface area contributed by atoms with Gasteiger partial charge in [-0.05, 0) is 49.6 Å². The molecule has 0 aromatic heterocycles. The van der Waals surface area contributed by atoms with E-state index in [1.807, 2.05) is 55.5 Å². The van der Waals surface area contributed by atoms with Gasteiger partial charge in [-0.2, -0.15) is 0 Å². The maximum atomic E-state index is 13.6. The molecule has 0 radical (unpaired) electrons. The van der Waals surface area contributed by atoms with Crippen molar-refractivity contribution in [2.45, 2.75) is 30.6 Å². The molecule has 0 bridgehead atoms. The van der Waals surface area contributed by atoms with Crippen LogP contribution in [0.2, 0.25) is 0 Å². The Hall–Kier alpha value is -2.92. The number of aryl methyl sites for hydroxylation is 1. The third-order valence-corrected chi connectivity index (χ3v) is 7.75. The summed E-state index contributed by atoms with van der Waals surface area (Å²) in [5.74, 6) is -0.403. The molecule has 0 saturated carbocycles. The fourth-order valence-corrected chi connectivity index (χ4v) is 5.97. The van der Waals surface area contributed by atoms with Gasteiger partial charge in [-0.25, -0.2) is 8.42 Å². The second-order valence-electron chi connectivity index (χ2n) is 8.12. The third-order valence-electron chi connectivity index (χ3n) is 5.80. The zero-order valence-corrected chi connectivity index (χ0v) is 18.0. The standard InChI is InChI=1S/C25H25NO3S/c1-19-13-14-23-22(17-19)25(2,18-30(28,29)21-11-7-4-8-12-21)24(27)26(23)16-15-20-9-5-3-6-10-20/h3-14,17H,15-16,18H2,1-2H3/t25-/m1/s1. The molecule has 0 spiro atoms. The topological polar surface area (TPSA) is 54.5 Å². The fourth-order valence-electron chi connectivity index (χ4n) is 4.19. The van der Waals surface area contributed by atoms with E-state index in [0.717, 1.165) is 22.4 Å². The van der Waals surface area contributed by atoms with Crippen molar-refractivity contribution in [3.63, 3.8) is 0 Å². The van der Waals surface area contributed by atoms with Crippen LogP contribution in [0.25, 0.3) is 0 Å². The number of benzene rings is 3. The lowest BCUT2D eigenvalue weighted by Gasteiger charge is -2.24. The first-order valence-electron chi connectivity index (χ1n) is 10.1. The van der Waals surface area contributed by atoms with Crippen LogP contribution < -0.4 is 4.90 Å². The predicted molar refractivity (Wildman–Crippen MR) is 120 cm³/mol. The van der Waals surface area contributed by atoms with Crippen molar-refractivity contribution in [1.82, 2.24) is 0 Å². The molecule has 30 heavy (non-hydrogen) atoms. The zero-order chi connectivity index (χ0) is 21.4. The van der Waals surface area contributed by atoms with Crippen molar-refractivity contribution in [3.8, 4) is 0 Å². The van der Waals surface area contributed by atoms with Crippen LogP contribution >= 0.6 is 0 Å². The van der Waals surface area contributed by atoms with E-state index in [-0.39, 0.29) is 16.6 Å². The minimum Gasteiger partial charge on any atom is -0.311 e. The maximum Gasteiger partial charge on any atom is 0.238 e. The summed E-state index contributed by atoms with van der Waals surface area (Å²) in [4.78, 5) is 15.6. The Morgan fingerprint density at radius 2 is 1.53 bits per heavy atom. The number of nitrogens with zero attached hydrogens (tertiary/aromatic N) is 1. The van der Waals surface area contributed by atoms with Crippen molar-refractivity contribution in [3.05, 3.63) is 95.6 Å². The summed E-state index contributed by atoms with van der Waals surface area (Å²) in [5.41, 5.74) is 2.64. The summed E-state index contributed by atoms with van der Waals surface area (Å²) in [5, 5.41) is 0. The molecule has 4 rings (SSSR count). The van der Waals surface area contributed by atoms with Crippen molar-refractivity contribution in [2.24, 2.45) is 0 Å². The smallest absolute Gasteiger partial charge is 0.238 e. The van der Waals surface area contributed by atoms with E-state index in [0.29, 0.717) is 13.0 Å². The van der Waals surface area contributed by atoms with Gasteiger partial charge in [0.1, 0.15) is 0 Å². The van der Waals surface area contributed by atoms with Crippen LogP contribution in [0, 0.1) is 6.92 Å². The molecule has 5 heteroatoms. The van der Waals surface area contributed by atoms with Gasteiger partial charge in [0.05, 0.1) is 16.1 Å². The molecular formula is C25H25NO3S. The summed E-state index contributed by atoms with van der Waals surface area (Å²) in [6.45, 7) is 4.24. The summed E-state index contributed by atoms with van der Waals surface area (Å²) in [6.07, 6.45) is 0.710. The van der Waals surface area contributed by atoms with Crippen molar-refractivity contribution in [1.29, 1.82) is 0 Å². The molecule has 3 aromatic rings. The quantitative estimate of drug-likeness (QED) is 0.598. The molecule has 0 N–H and O–H groups in total. The number of hydrogen-bond donors (Lipinski definition) is 0. The molecule has 0 aliphatic carbocycles. The van der Waals surface area contributed by atoms with Gasteiger partial charge in [0.2, 0.25) is 5.91 Å². The molecule has 1 heterocycles. The Balaban J connectivity index is 1.70. The maximum absolute atomic E-state index is 13.6. The lowest BCUT2D eigenvalue weighted by atomic mass is 9.85. The number of sulfone groups is 1. The van der Waals surface area contributed by atoms with Crippen LogP contribution in [0.15, 0.2) is 83.8 Å². The molecule has 0 fully saturated rings. The number of rotatable bonds is 6. The normalized spacial score (nSPS) is 18.5. The second kappa shape index (κ2) is 7.73. The lowest BCUT2D eigenvalue weighted by Crippen LogP contribution is -2.43. The monoisotopic (exact) mass is 419 g/mol. The molecule has 0 unspecified atom stereocenters. The molecule has 1 aliphatic heterocycles. The highest BCUT2D eigenvalue weighted by atomic mass is 32.2. The number of fused-ring (bicyclic) bond motifs is 1. The van der Waals surface area contributed by atoms with Gasteiger partial charge in [0.25, 0.3) is 0 Å². The number of anilines is 1. The molecule has 1 amide bonds. The van der Waals surface area contributed by atoms with Gasteiger partial charge in [-0.15, -0.1) is 0 Å². The van der Waals surface area contributed by atoms with Gasteiger partial charge >= 0.3 is 0 Å². The van der Waals surface area contributed by atoms with E-state index in [2.05, 4.69) is 0 Å². The van der Waals surface area contributed by atoms with E-state index >= 15 is 0 Å². The van der Waals surface area contributed by atoms with Crippen LogP contribution in [0.3, 0.4) is 0 Å². The van der Waals surface area contributed by atoms with E-state index in [1.165, 1.54) is 0 Å². The molecule has 4 nitrogen and oxygen atoms in total. The Bertz CT molecular complexity index is 1170. The van der Waals surface area contributed by atoms with Crippen LogP contribution in [-0.2, 0) is 26.5 Å². The molecule has 3 aromatic carbocycles. The first kappa shape index (κ1) is 20.4. The van der Waals surface area contributed by atoms with Crippen molar-refractivity contribution in [2.75, 3.05) is 17.2 Å². The third kappa shape index (κ3) is 3.65. The van der Waals surface area contributed by atoms with Crippen molar-refractivity contribution >= 4 is 21.4 Å². The SMILES string of the molecule is Cc1ccc2c(c1)[C@@](C)(CS(=O)(=O)c1ccccc1)C(=O)N2CCc1ccccc1. The number of carbonyl (C=O) groups is 1. The molecule has 0 saturated heterocycles. The Morgan fingerprint density at radius 3 is 2.20 bits per heavy atom. The van der Waals surface area contributed by atoms with Crippen molar-refractivity contribution < 1.29 is 13.2 Å². The van der Waals surface area contributed by atoms with Gasteiger partial charge in [-0.1, -0.05) is 66.2 Å². The van der Waals surface area contributed by atoms with E-state index in [1.54, 1.807) is 42.2 Å². The van der Waals surface area contributed by atoms with E-state index in [4.69, 9.17) is 0 Å². The number of hydrogen-bond acceptors (Lipinski definition) is 3. The average Bonchev–Trinajstić information content (AvgIpc) is 2.94. The van der Waals surface area contributed by atoms with Gasteiger partial charge in [-0.3, -0.25) is 4.79 Å². The fraction of sp³-hybridized carbons (Fsp3) is 0.240. The highest BCUT2D eigenvalue weighted by Crippen LogP contribution is 2.43. The molecule has 1 atom stereocenters. The Morgan fingerprint density at radius 1 is 0.900 bits per heavy atom. The minimum atomic E-state index is -3.63. The van der Waals surface area contributed by atoms with Gasteiger partial charge < -0.3 is 4.90 Å². The Kier molecular flexibility index (Phi) is 5.24. The molecule has 1 aliphatic rings. The second-order valence-corrected chi connectivity index (χ2v) is 10.1. The largest absolute Gasteiger partial charge is 0.311 e. The molecule has 154 valence electrons. The average molecular weight is 420 g/mol.